The Morgan fingerprint density at radius 2 is 2.12 bits per heavy atom. The summed E-state index contributed by atoms with van der Waals surface area (Å²) in [6, 6.07) is 10.5. The van der Waals surface area contributed by atoms with Crippen LogP contribution in [0.1, 0.15) is 26.5 Å². The van der Waals surface area contributed by atoms with Gasteiger partial charge >= 0.3 is 20.2 Å². The molecule has 0 amide bonds. The summed E-state index contributed by atoms with van der Waals surface area (Å²) in [4.78, 5) is 27.6. The van der Waals surface area contributed by atoms with E-state index in [0.717, 1.165) is 0 Å². The molecule has 4 atom stereocenters. The smallest absolute Gasteiger partial charge is 0.351 e. The highest BCUT2D eigenvalue weighted by atomic mass is 31.2. The number of esters is 1. The lowest BCUT2D eigenvalue weighted by Crippen LogP contribution is -2.32. The fourth-order valence-corrected chi connectivity index (χ4v) is 4.05. The minimum Gasteiger partial charge on any atom is -0.462 e. The number of hydrogen-bond acceptors (Lipinski definition) is 10. The van der Waals surface area contributed by atoms with Crippen molar-refractivity contribution in [2.45, 2.75) is 44.8 Å². The number of ether oxygens (including phenoxy) is 2. The van der Waals surface area contributed by atoms with Crippen molar-refractivity contribution < 1.29 is 28.4 Å². The van der Waals surface area contributed by atoms with Crippen LogP contribution in [0, 0.1) is 0 Å². The topological polar surface area (TPSA) is 147 Å². The van der Waals surface area contributed by atoms with Gasteiger partial charge in [-0.1, -0.05) is 18.2 Å². The zero-order valence-corrected chi connectivity index (χ0v) is 18.7. The third-order valence-corrected chi connectivity index (χ3v) is 5.50. The Kier molecular flexibility index (Phi) is 8.54. The molecule has 4 N–H and O–H groups in total. The summed E-state index contributed by atoms with van der Waals surface area (Å²) in [5.41, 5.74) is 4.89. The van der Waals surface area contributed by atoms with Crippen molar-refractivity contribution in [2.75, 3.05) is 18.9 Å². The number of aromatic nitrogens is 2. The number of nitrogens with one attached hydrogen (secondary N) is 1. The zero-order chi connectivity index (χ0) is 23.1. The predicted molar refractivity (Wildman–Crippen MR) is 117 cm³/mol. The summed E-state index contributed by atoms with van der Waals surface area (Å²) in [6.45, 7) is 3.49. The number of rotatable bonds is 10. The molecule has 2 aromatic rings. The number of benzene rings is 1. The summed E-state index contributed by atoms with van der Waals surface area (Å²) in [6.07, 6.45) is -0.904. The number of hydrogen-bond donors (Lipinski definition) is 3. The Morgan fingerprint density at radius 1 is 1.38 bits per heavy atom. The molecule has 12 heteroatoms. The van der Waals surface area contributed by atoms with Gasteiger partial charge in [-0.25, -0.2) is 9.88 Å². The van der Waals surface area contributed by atoms with Crippen LogP contribution in [-0.4, -0.2) is 52.1 Å². The molecule has 0 bridgehead atoms. The van der Waals surface area contributed by atoms with E-state index < -0.39 is 38.6 Å². The van der Waals surface area contributed by atoms with Crippen LogP contribution in [0.2, 0.25) is 0 Å². The van der Waals surface area contributed by atoms with E-state index in [1.807, 2.05) is 18.2 Å². The third-order valence-electron chi connectivity index (χ3n) is 4.32. The molecule has 0 saturated carbocycles. The van der Waals surface area contributed by atoms with Gasteiger partial charge in [0.1, 0.15) is 24.2 Å². The molecule has 0 radical (unpaired) electrons. The van der Waals surface area contributed by atoms with Crippen molar-refractivity contribution in [3.05, 3.63) is 53.1 Å². The van der Waals surface area contributed by atoms with Gasteiger partial charge in [0, 0.05) is 12.6 Å². The maximum absolute atomic E-state index is 12.1. The molecule has 4 unspecified atom stereocenters. The van der Waals surface area contributed by atoms with Crippen LogP contribution in [0.15, 0.2) is 47.4 Å². The number of para-hydroxylation sites is 1. The Morgan fingerprint density at radius 3 is 2.81 bits per heavy atom. The molecule has 174 valence electrons. The molecule has 1 aromatic heterocycles. The average molecular weight is 466 g/mol. The minimum absolute atomic E-state index is 0.0650. The first kappa shape index (κ1) is 24.1. The molecule has 0 aliphatic carbocycles. The number of aliphatic hydroxyl groups is 1. The first-order valence-electron chi connectivity index (χ1n) is 10.1. The van der Waals surface area contributed by atoms with Crippen LogP contribution >= 0.6 is 8.53 Å². The van der Waals surface area contributed by atoms with E-state index in [0.29, 0.717) is 5.75 Å². The Hall–Kier alpha value is -2.56. The summed E-state index contributed by atoms with van der Waals surface area (Å²) >= 11 is 0. The molecule has 3 rings (SSSR count). The standard InChI is InChI=1S/C20H27N4O7P/c1-13(2)29-18(26)11-22-32(31-14-6-4-3-5-7-14)28-12-15-10-16(25)19(30-15)24-9-8-17(21)23-20(24)27/h3-9,13,15-16,19,22,25H,10-12H2,1-2H3,(H2,21,23,27). The summed E-state index contributed by atoms with van der Waals surface area (Å²) in [5.74, 6) is 0.216. The van der Waals surface area contributed by atoms with Crippen LogP contribution < -0.4 is 21.0 Å². The lowest BCUT2D eigenvalue weighted by molar-refractivity contribution is -0.145. The largest absolute Gasteiger partial charge is 0.462 e. The van der Waals surface area contributed by atoms with Crippen molar-refractivity contribution in [3.8, 4) is 5.75 Å². The second kappa shape index (κ2) is 11.3. The SMILES string of the molecule is CC(C)OC(=O)CNP(OCC1CC(O)C(n2ccc(N)nc2=O)O1)Oc1ccccc1. The van der Waals surface area contributed by atoms with Crippen molar-refractivity contribution in [2.24, 2.45) is 0 Å². The van der Waals surface area contributed by atoms with Gasteiger partial charge in [0.05, 0.1) is 18.8 Å². The number of nitrogen functional groups attached to an aromatic ring is 1. The van der Waals surface area contributed by atoms with Gasteiger partial charge in [0.2, 0.25) is 0 Å². The van der Waals surface area contributed by atoms with Gasteiger partial charge < -0.3 is 29.4 Å². The van der Waals surface area contributed by atoms with E-state index in [2.05, 4.69) is 10.1 Å². The second-order valence-electron chi connectivity index (χ2n) is 7.32. The fourth-order valence-electron chi connectivity index (χ4n) is 2.97. The summed E-state index contributed by atoms with van der Waals surface area (Å²) in [7, 11) is -1.71. The van der Waals surface area contributed by atoms with E-state index in [1.165, 1.54) is 16.8 Å². The molecule has 1 aliphatic rings. The van der Waals surface area contributed by atoms with Gasteiger partial charge in [-0.15, -0.1) is 0 Å². The minimum atomic E-state index is -1.71. The van der Waals surface area contributed by atoms with E-state index in [1.54, 1.807) is 26.0 Å². The van der Waals surface area contributed by atoms with E-state index in [9.17, 15) is 14.7 Å². The molecule has 1 aliphatic heterocycles. The van der Waals surface area contributed by atoms with Gasteiger partial charge in [-0.3, -0.25) is 9.36 Å². The van der Waals surface area contributed by atoms with Gasteiger partial charge in [-0.2, -0.15) is 4.98 Å². The van der Waals surface area contributed by atoms with E-state index in [4.69, 9.17) is 24.3 Å². The van der Waals surface area contributed by atoms with Crippen LogP contribution in [0.3, 0.4) is 0 Å². The fraction of sp³-hybridized carbons (Fsp3) is 0.450. The molecular weight excluding hydrogens is 439 g/mol. The number of nitrogens with zero attached hydrogens (tertiary/aromatic N) is 2. The zero-order valence-electron chi connectivity index (χ0n) is 17.8. The second-order valence-corrected chi connectivity index (χ2v) is 8.60. The average Bonchev–Trinajstić information content (AvgIpc) is 3.10. The Labute approximate surface area is 186 Å². The third kappa shape index (κ3) is 6.98. The molecule has 2 heterocycles. The van der Waals surface area contributed by atoms with Crippen molar-refractivity contribution in [1.82, 2.24) is 14.6 Å². The van der Waals surface area contributed by atoms with Crippen molar-refractivity contribution >= 4 is 20.3 Å². The molecular formula is C20H27N4O7P. The normalized spacial score (nSPS) is 21.4. The molecule has 1 aromatic carbocycles. The van der Waals surface area contributed by atoms with Crippen LogP contribution in [0.5, 0.6) is 5.75 Å². The number of nitrogens with two attached hydrogens (primary N) is 1. The lowest BCUT2D eigenvalue weighted by atomic mass is 10.2. The van der Waals surface area contributed by atoms with Crippen molar-refractivity contribution in [1.29, 1.82) is 0 Å². The highest BCUT2D eigenvalue weighted by molar-refractivity contribution is 7.45. The van der Waals surface area contributed by atoms with Gasteiger partial charge in [-0.05, 0) is 32.0 Å². The molecule has 11 nitrogen and oxygen atoms in total. The quantitative estimate of drug-likeness (QED) is 0.346. The maximum Gasteiger partial charge on any atom is 0.351 e. The lowest BCUT2D eigenvalue weighted by Gasteiger charge is -2.21. The molecule has 1 fully saturated rings. The van der Waals surface area contributed by atoms with E-state index in [-0.39, 0.29) is 31.5 Å². The van der Waals surface area contributed by atoms with Crippen molar-refractivity contribution in [3.63, 3.8) is 0 Å². The Balaban J connectivity index is 1.59. The van der Waals surface area contributed by atoms with Gasteiger partial charge in [0.25, 0.3) is 0 Å². The van der Waals surface area contributed by atoms with Crippen LogP contribution in [-0.2, 0) is 18.8 Å². The molecule has 32 heavy (non-hydrogen) atoms. The summed E-state index contributed by atoms with van der Waals surface area (Å²) in [5, 5.41) is 13.3. The van der Waals surface area contributed by atoms with Crippen LogP contribution in [0.25, 0.3) is 0 Å². The highest BCUT2D eigenvalue weighted by Gasteiger charge is 2.36. The number of anilines is 1. The molecule has 1 saturated heterocycles. The number of carbonyl (C=O) groups is 1. The maximum atomic E-state index is 12.1. The number of carbonyl (C=O) groups excluding carboxylic acids is 1. The number of aliphatic hydroxyl groups excluding tert-OH is 1. The highest BCUT2D eigenvalue weighted by Crippen LogP contribution is 2.37. The summed E-state index contributed by atoms with van der Waals surface area (Å²) < 4.78 is 23.8. The first-order chi connectivity index (χ1) is 15.3. The van der Waals surface area contributed by atoms with Crippen LogP contribution in [0.4, 0.5) is 5.82 Å². The monoisotopic (exact) mass is 466 g/mol. The van der Waals surface area contributed by atoms with E-state index >= 15 is 0 Å². The van der Waals surface area contributed by atoms with Gasteiger partial charge in [0.15, 0.2) is 6.23 Å². The Bertz CT molecular complexity index is 943. The molecule has 0 spiro atoms. The first-order valence-corrected chi connectivity index (χ1v) is 11.3. The predicted octanol–water partition coefficient (Wildman–Crippen LogP) is 1.34.